The van der Waals surface area contributed by atoms with Crippen LogP contribution in [-0.4, -0.2) is 42.1 Å². The molecule has 1 fully saturated rings. The number of nitrogens with one attached hydrogen (secondary N) is 2. The van der Waals surface area contributed by atoms with Crippen molar-refractivity contribution in [3.63, 3.8) is 0 Å². The standard InChI is InChI=1S/C30H30N6OS/c1-36(2)28-23-10-4-6-12-25(23)34-30(35-28)33-22-17-15-21(16-18-22)32-29(37)24-11-5-8-14-27(24)38-26-13-7-3-9-20(26)19-31/h3-14,21-22H,15-18H2,1-2H3,(H,32,37)(H,33,34,35)/t21-,22+. The number of amides is 1. The molecule has 0 spiro atoms. The molecular formula is C30H30N6OS. The van der Waals surface area contributed by atoms with Crippen molar-refractivity contribution in [2.45, 2.75) is 47.6 Å². The summed E-state index contributed by atoms with van der Waals surface area (Å²) in [5.74, 6) is 1.46. The Morgan fingerprint density at radius 2 is 1.55 bits per heavy atom. The molecule has 0 aliphatic heterocycles. The number of benzene rings is 3. The summed E-state index contributed by atoms with van der Waals surface area (Å²) in [5.41, 5.74) is 2.15. The van der Waals surface area contributed by atoms with E-state index in [1.807, 2.05) is 85.7 Å². The first-order valence-electron chi connectivity index (χ1n) is 12.8. The number of nitrogens with zero attached hydrogens (tertiary/aromatic N) is 4. The maximum atomic E-state index is 13.2. The second-order valence-corrected chi connectivity index (χ2v) is 10.7. The average Bonchev–Trinajstić information content (AvgIpc) is 2.94. The number of hydrogen-bond acceptors (Lipinski definition) is 7. The summed E-state index contributed by atoms with van der Waals surface area (Å²) < 4.78 is 0. The Morgan fingerprint density at radius 3 is 2.32 bits per heavy atom. The van der Waals surface area contributed by atoms with Gasteiger partial charge < -0.3 is 15.5 Å². The van der Waals surface area contributed by atoms with Gasteiger partial charge in [0.2, 0.25) is 5.95 Å². The fourth-order valence-corrected chi connectivity index (χ4v) is 5.83. The molecule has 0 atom stereocenters. The fraction of sp³-hybridized carbons (Fsp3) is 0.267. The van der Waals surface area contributed by atoms with Crippen LogP contribution in [0.1, 0.15) is 41.6 Å². The molecule has 2 N–H and O–H groups in total. The number of rotatable bonds is 7. The van der Waals surface area contributed by atoms with Crippen molar-refractivity contribution >= 4 is 40.3 Å². The number of nitriles is 1. The first-order chi connectivity index (χ1) is 18.5. The highest BCUT2D eigenvalue weighted by molar-refractivity contribution is 7.99. The van der Waals surface area contributed by atoms with Crippen LogP contribution in [0.5, 0.6) is 0 Å². The second-order valence-electron chi connectivity index (χ2n) is 9.65. The van der Waals surface area contributed by atoms with E-state index in [1.54, 1.807) is 6.07 Å². The van der Waals surface area contributed by atoms with Crippen LogP contribution in [0, 0.1) is 11.3 Å². The minimum Gasteiger partial charge on any atom is -0.362 e. The van der Waals surface area contributed by atoms with Gasteiger partial charge in [-0.15, -0.1) is 0 Å². The van der Waals surface area contributed by atoms with E-state index in [0.29, 0.717) is 17.1 Å². The summed E-state index contributed by atoms with van der Waals surface area (Å²) in [4.78, 5) is 26.4. The summed E-state index contributed by atoms with van der Waals surface area (Å²) in [6.07, 6.45) is 3.60. The molecule has 0 radical (unpaired) electrons. The number of carbonyl (C=O) groups is 1. The lowest BCUT2D eigenvalue weighted by Crippen LogP contribution is -2.40. The molecular weight excluding hydrogens is 492 g/mol. The lowest BCUT2D eigenvalue weighted by atomic mass is 9.91. The van der Waals surface area contributed by atoms with Crippen LogP contribution in [0.25, 0.3) is 10.9 Å². The minimum atomic E-state index is -0.0764. The third kappa shape index (κ3) is 5.74. The molecule has 5 rings (SSSR count). The normalized spacial score (nSPS) is 17.0. The Kier molecular flexibility index (Phi) is 7.75. The summed E-state index contributed by atoms with van der Waals surface area (Å²) in [6.45, 7) is 0. The monoisotopic (exact) mass is 522 g/mol. The molecule has 0 unspecified atom stereocenters. The van der Waals surface area contributed by atoms with E-state index in [4.69, 9.17) is 9.97 Å². The summed E-state index contributed by atoms with van der Waals surface area (Å²) in [5, 5.41) is 17.2. The van der Waals surface area contributed by atoms with Crippen molar-refractivity contribution in [2.75, 3.05) is 24.3 Å². The predicted molar refractivity (Wildman–Crippen MR) is 153 cm³/mol. The van der Waals surface area contributed by atoms with E-state index in [0.717, 1.165) is 52.2 Å². The van der Waals surface area contributed by atoms with E-state index in [9.17, 15) is 10.1 Å². The summed E-state index contributed by atoms with van der Waals surface area (Å²) in [6, 6.07) is 25.7. The lowest BCUT2D eigenvalue weighted by Gasteiger charge is -2.30. The van der Waals surface area contributed by atoms with Gasteiger partial charge in [0.05, 0.1) is 16.6 Å². The van der Waals surface area contributed by atoms with Crippen LogP contribution in [0.15, 0.2) is 82.6 Å². The van der Waals surface area contributed by atoms with Gasteiger partial charge in [-0.2, -0.15) is 10.2 Å². The maximum absolute atomic E-state index is 13.2. The first-order valence-corrected chi connectivity index (χ1v) is 13.6. The molecule has 3 aromatic carbocycles. The minimum absolute atomic E-state index is 0.0764. The van der Waals surface area contributed by atoms with Gasteiger partial charge in [-0.1, -0.05) is 48.2 Å². The first kappa shape index (κ1) is 25.6. The lowest BCUT2D eigenvalue weighted by molar-refractivity contribution is 0.0923. The van der Waals surface area contributed by atoms with Gasteiger partial charge in [0, 0.05) is 41.4 Å². The van der Waals surface area contributed by atoms with Gasteiger partial charge in [0.15, 0.2) is 0 Å². The van der Waals surface area contributed by atoms with E-state index in [2.05, 4.69) is 16.7 Å². The zero-order valence-corrected chi connectivity index (χ0v) is 22.3. The van der Waals surface area contributed by atoms with E-state index < -0.39 is 0 Å². The number of anilines is 2. The Labute approximate surface area is 227 Å². The van der Waals surface area contributed by atoms with Gasteiger partial charge in [-0.3, -0.25) is 4.79 Å². The molecule has 1 aromatic heterocycles. The molecule has 38 heavy (non-hydrogen) atoms. The van der Waals surface area contributed by atoms with E-state index >= 15 is 0 Å². The number of carbonyl (C=O) groups excluding carboxylic acids is 1. The molecule has 1 aliphatic carbocycles. The van der Waals surface area contributed by atoms with Crippen LogP contribution in [0.3, 0.4) is 0 Å². The number of aromatic nitrogens is 2. The van der Waals surface area contributed by atoms with Crippen molar-refractivity contribution in [3.05, 3.63) is 83.9 Å². The van der Waals surface area contributed by atoms with Crippen molar-refractivity contribution in [3.8, 4) is 6.07 Å². The van der Waals surface area contributed by atoms with Gasteiger partial charge in [0.1, 0.15) is 11.9 Å². The van der Waals surface area contributed by atoms with Gasteiger partial charge in [0.25, 0.3) is 5.91 Å². The highest BCUT2D eigenvalue weighted by Gasteiger charge is 2.25. The third-order valence-corrected chi connectivity index (χ3v) is 7.91. The second kappa shape index (κ2) is 11.5. The Balaban J connectivity index is 1.21. The summed E-state index contributed by atoms with van der Waals surface area (Å²) >= 11 is 1.45. The quantitative estimate of drug-likeness (QED) is 0.313. The third-order valence-electron chi connectivity index (χ3n) is 6.76. The van der Waals surface area contributed by atoms with E-state index in [1.165, 1.54) is 11.8 Å². The number of fused-ring (bicyclic) bond motifs is 1. The van der Waals surface area contributed by atoms with Crippen LogP contribution < -0.4 is 15.5 Å². The molecule has 1 aliphatic rings. The van der Waals surface area contributed by atoms with Crippen molar-refractivity contribution in [1.29, 1.82) is 5.26 Å². The fourth-order valence-electron chi connectivity index (χ4n) is 4.80. The zero-order valence-electron chi connectivity index (χ0n) is 21.5. The molecule has 1 heterocycles. The molecule has 0 saturated heterocycles. The van der Waals surface area contributed by atoms with Crippen molar-refractivity contribution in [1.82, 2.24) is 15.3 Å². The van der Waals surface area contributed by atoms with Crippen molar-refractivity contribution < 1.29 is 4.79 Å². The molecule has 192 valence electrons. The maximum Gasteiger partial charge on any atom is 0.252 e. The Morgan fingerprint density at radius 1 is 0.895 bits per heavy atom. The van der Waals surface area contributed by atoms with Crippen LogP contribution in [-0.2, 0) is 0 Å². The van der Waals surface area contributed by atoms with E-state index in [-0.39, 0.29) is 18.0 Å². The number of hydrogen-bond donors (Lipinski definition) is 2. The van der Waals surface area contributed by atoms with Crippen LogP contribution in [0.4, 0.5) is 11.8 Å². The molecule has 1 saturated carbocycles. The van der Waals surface area contributed by atoms with Gasteiger partial charge in [-0.25, -0.2) is 4.98 Å². The SMILES string of the molecule is CN(C)c1nc(N[C@H]2CC[C@@H](NC(=O)c3ccccc3Sc3ccccc3C#N)CC2)nc2ccccc12. The van der Waals surface area contributed by atoms with Gasteiger partial charge in [-0.05, 0) is 62.1 Å². The Hall–Kier alpha value is -4.09. The smallest absolute Gasteiger partial charge is 0.252 e. The topological polar surface area (TPSA) is 93.9 Å². The predicted octanol–water partition coefficient (Wildman–Crippen LogP) is 5.87. The molecule has 8 heteroatoms. The highest BCUT2D eigenvalue weighted by atomic mass is 32.2. The van der Waals surface area contributed by atoms with Crippen LogP contribution >= 0.6 is 11.8 Å². The largest absolute Gasteiger partial charge is 0.362 e. The molecule has 4 aromatic rings. The Bertz CT molecular complexity index is 1490. The number of para-hydroxylation sites is 1. The average molecular weight is 523 g/mol. The van der Waals surface area contributed by atoms with Gasteiger partial charge >= 0.3 is 0 Å². The summed E-state index contributed by atoms with van der Waals surface area (Å²) in [7, 11) is 3.98. The van der Waals surface area contributed by atoms with Crippen molar-refractivity contribution in [2.24, 2.45) is 0 Å². The highest BCUT2D eigenvalue weighted by Crippen LogP contribution is 2.33. The molecule has 0 bridgehead atoms. The molecule has 1 amide bonds. The zero-order chi connectivity index (χ0) is 26.5. The van der Waals surface area contributed by atoms with Crippen LogP contribution in [0.2, 0.25) is 0 Å². The molecule has 7 nitrogen and oxygen atoms in total.